The summed E-state index contributed by atoms with van der Waals surface area (Å²) in [5.74, 6) is 0.149. The van der Waals surface area contributed by atoms with Crippen molar-refractivity contribution in [2.24, 2.45) is 0 Å². The Labute approximate surface area is 166 Å². The zero-order valence-corrected chi connectivity index (χ0v) is 16.9. The fourth-order valence-corrected chi connectivity index (χ4v) is 3.04. The Morgan fingerprint density at radius 2 is 1.61 bits per heavy atom. The molecular weight excluding hydrogens is 356 g/mol. The normalized spacial score (nSPS) is 12.3. The molecule has 0 spiro atoms. The largest absolute Gasteiger partial charge is 0.497 e. The number of esters is 1. The van der Waals surface area contributed by atoms with Crippen molar-refractivity contribution in [2.75, 3.05) is 14.2 Å². The molecular formula is C23H28O5. The summed E-state index contributed by atoms with van der Waals surface area (Å²) in [7, 11) is 2.90. The summed E-state index contributed by atoms with van der Waals surface area (Å²) in [6.07, 6.45) is 0.598. The Morgan fingerprint density at radius 3 is 2.11 bits per heavy atom. The van der Waals surface area contributed by atoms with Crippen LogP contribution >= 0.6 is 0 Å². The van der Waals surface area contributed by atoms with Gasteiger partial charge in [0.1, 0.15) is 17.5 Å². The highest BCUT2D eigenvalue weighted by Gasteiger charge is 2.34. The van der Waals surface area contributed by atoms with E-state index in [-0.39, 0.29) is 5.57 Å². The Kier molecular flexibility index (Phi) is 7.79. The van der Waals surface area contributed by atoms with Crippen LogP contribution in [0.15, 0.2) is 66.7 Å². The van der Waals surface area contributed by atoms with E-state index in [1.54, 1.807) is 19.2 Å². The van der Waals surface area contributed by atoms with E-state index in [9.17, 15) is 4.79 Å². The molecule has 1 atom stereocenters. The maximum atomic E-state index is 12.1. The SMILES string of the molecule is C=C(C(=O)OC)[C@@H](OOC(CC)(CC)c1ccccc1)c1ccc(OC)cc1. The minimum absolute atomic E-state index is 0.154. The standard InChI is InChI=1S/C23H28O5/c1-6-23(7-2,19-11-9-8-10-12-19)28-27-21(17(3)22(24)26-5)18-13-15-20(25-4)16-14-18/h8-16,21H,3,6-7H2,1-2,4-5H3/t21-/m1/s1. The number of carbonyl (C=O) groups is 1. The Hall–Kier alpha value is -2.63. The topological polar surface area (TPSA) is 54.0 Å². The van der Waals surface area contributed by atoms with E-state index >= 15 is 0 Å². The predicted molar refractivity (Wildman–Crippen MR) is 108 cm³/mol. The zero-order chi connectivity index (χ0) is 20.6. The van der Waals surface area contributed by atoms with Crippen LogP contribution in [0.3, 0.4) is 0 Å². The van der Waals surface area contributed by atoms with E-state index in [1.807, 2.05) is 56.3 Å². The molecule has 0 heterocycles. The van der Waals surface area contributed by atoms with Crippen LogP contribution in [0.25, 0.3) is 0 Å². The number of methoxy groups -OCH3 is 2. The summed E-state index contributed by atoms with van der Waals surface area (Å²) in [5, 5.41) is 0. The summed E-state index contributed by atoms with van der Waals surface area (Å²) >= 11 is 0. The molecule has 0 fully saturated rings. The molecule has 0 aliphatic heterocycles. The van der Waals surface area contributed by atoms with Gasteiger partial charge in [-0.15, -0.1) is 0 Å². The van der Waals surface area contributed by atoms with Crippen molar-refractivity contribution in [1.29, 1.82) is 0 Å². The molecule has 0 saturated carbocycles. The van der Waals surface area contributed by atoms with Gasteiger partial charge < -0.3 is 9.47 Å². The summed E-state index contributed by atoms with van der Waals surface area (Å²) in [6, 6.07) is 17.1. The van der Waals surface area contributed by atoms with E-state index in [0.717, 1.165) is 5.56 Å². The Bertz CT molecular complexity index is 763. The van der Waals surface area contributed by atoms with Crippen LogP contribution in [0.1, 0.15) is 43.9 Å². The highest BCUT2D eigenvalue weighted by atomic mass is 17.2. The summed E-state index contributed by atoms with van der Waals surface area (Å²) in [6.45, 7) is 7.94. The first kappa shape index (κ1) is 21.7. The monoisotopic (exact) mass is 384 g/mol. The molecule has 2 aromatic rings. The highest BCUT2D eigenvalue weighted by molar-refractivity contribution is 5.89. The Morgan fingerprint density at radius 1 is 1.00 bits per heavy atom. The molecule has 0 aliphatic rings. The van der Waals surface area contributed by atoms with Gasteiger partial charge in [-0.3, -0.25) is 0 Å². The fourth-order valence-electron chi connectivity index (χ4n) is 3.04. The summed E-state index contributed by atoms with van der Waals surface area (Å²) in [4.78, 5) is 24.0. The number of carbonyl (C=O) groups excluding carboxylic acids is 1. The minimum atomic E-state index is -0.806. The molecule has 0 aliphatic carbocycles. The smallest absolute Gasteiger partial charge is 0.336 e. The number of hydrogen-bond acceptors (Lipinski definition) is 5. The second kappa shape index (κ2) is 10.1. The van der Waals surface area contributed by atoms with Gasteiger partial charge in [0.25, 0.3) is 0 Å². The van der Waals surface area contributed by atoms with Crippen LogP contribution in [-0.2, 0) is 24.9 Å². The quantitative estimate of drug-likeness (QED) is 0.246. The van der Waals surface area contributed by atoms with Gasteiger partial charge in [0.15, 0.2) is 0 Å². The third-order valence-electron chi connectivity index (χ3n) is 4.93. The lowest BCUT2D eigenvalue weighted by Crippen LogP contribution is -2.30. The molecule has 0 unspecified atom stereocenters. The van der Waals surface area contributed by atoms with Gasteiger partial charge in [-0.05, 0) is 36.1 Å². The molecule has 2 rings (SSSR count). The van der Waals surface area contributed by atoms with E-state index < -0.39 is 17.7 Å². The third-order valence-corrected chi connectivity index (χ3v) is 4.93. The number of rotatable bonds is 10. The van der Waals surface area contributed by atoms with Crippen molar-refractivity contribution in [3.63, 3.8) is 0 Å². The lowest BCUT2D eigenvalue weighted by Gasteiger charge is -2.32. The fraction of sp³-hybridized carbons (Fsp3) is 0.348. The highest BCUT2D eigenvalue weighted by Crippen LogP contribution is 2.37. The molecule has 0 amide bonds. The summed E-state index contributed by atoms with van der Waals surface area (Å²) in [5.41, 5.74) is 1.24. The van der Waals surface area contributed by atoms with Crippen LogP contribution in [0.4, 0.5) is 0 Å². The molecule has 2 aromatic carbocycles. The van der Waals surface area contributed by atoms with Gasteiger partial charge in [0.05, 0.1) is 19.8 Å². The average Bonchev–Trinajstić information content (AvgIpc) is 2.77. The molecule has 28 heavy (non-hydrogen) atoms. The third kappa shape index (κ3) is 4.80. The number of benzene rings is 2. The second-order valence-electron chi connectivity index (χ2n) is 6.42. The number of hydrogen-bond donors (Lipinski definition) is 0. The van der Waals surface area contributed by atoms with Crippen LogP contribution in [0.2, 0.25) is 0 Å². The van der Waals surface area contributed by atoms with Crippen molar-refractivity contribution < 1.29 is 24.0 Å². The predicted octanol–water partition coefficient (Wildman–Crippen LogP) is 5.13. The van der Waals surface area contributed by atoms with Gasteiger partial charge in [-0.1, -0.05) is 62.9 Å². The average molecular weight is 384 g/mol. The zero-order valence-electron chi connectivity index (χ0n) is 16.9. The molecule has 150 valence electrons. The van der Waals surface area contributed by atoms with Crippen LogP contribution in [0.5, 0.6) is 5.75 Å². The van der Waals surface area contributed by atoms with Crippen molar-refractivity contribution >= 4 is 5.97 Å². The molecule has 0 bridgehead atoms. The van der Waals surface area contributed by atoms with Gasteiger partial charge in [-0.2, -0.15) is 0 Å². The lowest BCUT2D eigenvalue weighted by atomic mass is 9.89. The second-order valence-corrected chi connectivity index (χ2v) is 6.42. The van der Waals surface area contributed by atoms with E-state index in [0.29, 0.717) is 24.2 Å². The van der Waals surface area contributed by atoms with Gasteiger partial charge in [-0.25, -0.2) is 14.6 Å². The summed E-state index contributed by atoms with van der Waals surface area (Å²) < 4.78 is 10.0. The van der Waals surface area contributed by atoms with Gasteiger partial charge >= 0.3 is 5.97 Å². The molecule has 5 heteroatoms. The molecule has 0 saturated heterocycles. The van der Waals surface area contributed by atoms with Crippen LogP contribution in [-0.4, -0.2) is 20.2 Å². The molecule has 5 nitrogen and oxygen atoms in total. The first-order valence-corrected chi connectivity index (χ1v) is 9.32. The molecule has 0 N–H and O–H groups in total. The lowest BCUT2D eigenvalue weighted by molar-refractivity contribution is -0.388. The van der Waals surface area contributed by atoms with E-state index in [2.05, 4.69) is 6.58 Å². The van der Waals surface area contributed by atoms with Crippen LogP contribution < -0.4 is 4.74 Å². The van der Waals surface area contributed by atoms with Crippen molar-refractivity contribution in [3.05, 3.63) is 77.9 Å². The maximum absolute atomic E-state index is 12.1. The van der Waals surface area contributed by atoms with Gasteiger partial charge in [0.2, 0.25) is 0 Å². The van der Waals surface area contributed by atoms with Crippen LogP contribution in [0, 0.1) is 0 Å². The van der Waals surface area contributed by atoms with E-state index in [1.165, 1.54) is 7.11 Å². The molecule has 0 aromatic heterocycles. The first-order valence-electron chi connectivity index (χ1n) is 9.32. The van der Waals surface area contributed by atoms with E-state index in [4.69, 9.17) is 19.2 Å². The number of ether oxygens (including phenoxy) is 2. The van der Waals surface area contributed by atoms with Crippen molar-refractivity contribution in [3.8, 4) is 5.75 Å². The maximum Gasteiger partial charge on any atom is 0.336 e. The molecule has 0 radical (unpaired) electrons. The minimum Gasteiger partial charge on any atom is -0.497 e. The van der Waals surface area contributed by atoms with Crippen molar-refractivity contribution in [2.45, 2.75) is 38.4 Å². The first-order chi connectivity index (χ1) is 13.5. The van der Waals surface area contributed by atoms with Gasteiger partial charge in [0, 0.05) is 0 Å². The Balaban J connectivity index is 2.32. The van der Waals surface area contributed by atoms with Crippen molar-refractivity contribution in [1.82, 2.24) is 0 Å².